The smallest absolute Gasteiger partial charge is 0.309 e. The number of nitrogens with one attached hydrogen (secondary N) is 2. The topological polar surface area (TPSA) is 88.2 Å². The lowest BCUT2D eigenvalue weighted by Gasteiger charge is -2.29. The molecule has 2 fully saturated rings. The van der Waals surface area contributed by atoms with Gasteiger partial charge in [0.05, 0.1) is 5.92 Å². The Morgan fingerprint density at radius 3 is 2.35 bits per heavy atom. The first kappa shape index (κ1) is 15.1. The number of carbonyl (C=O) groups excluding carboxylic acids is 1. The van der Waals surface area contributed by atoms with Crippen LogP contribution in [0.1, 0.15) is 57.8 Å². The minimum Gasteiger partial charge on any atom is -0.462 e. The van der Waals surface area contributed by atoms with Crippen molar-refractivity contribution in [1.29, 1.82) is 5.41 Å². The Balaban J connectivity index is 1.67. The normalized spacial score (nSPS) is 27.8. The highest BCUT2D eigenvalue weighted by Gasteiger charge is 2.29. The maximum atomic E-state index is 12.1. The molecule has 5 heteroatoms. The van der Waals surface area contributed by atoms with Crippen molar-refractivity contribution in [3.05, 3.63) is 0 Å². The molecule has 2 rings (SSSR count). The lowest BCUT2D eigenvalue weighted by molar-refractivity contribution is -0.157. The van der Waals surface area contributed by atoms with Gasteiger partial charge in [-0.05, 0) is 57.3 Å². The summed E-state index contributed by atoms with van der Waals surface area (Å²) in [6.45, 7) is 0.750. The predicted molar refractivity (Wildman–Crippen MR) is 78.3 cm³/mol. The van der Waals surface area contributed by atoms with Gasteiger partial charge >= 0.3 is 5.97 Å². The van der Waals surface area contributed by atoms with Crippen molar-refractivity contribution in [3.8, 4) is 0 Å². The summed E-state index contributed by atoms with van der Waals surface area (Å²) in [5.74, 6) is 0.668. The van der Waals surface area contributed by atoms with Crippen LogP contribution < -0.4 is 11.1 Å². The summed E-state index contributed by atoms with van der Waals surface area (Å²) in [6, 6.07) is 0. The van der Waals surface area contributed by atoms with E-state index in [2.05, 4.69) is 5.32 Å². The lowest BCUT2D eigenvalue weighted by Crippen LogP contribution is -2.36. The molecule has 0 aromatic carbocycles. The second kappa shape index (κ2) is 7.50. The van der Waals surface area contributed by atoms with Gasteiger partial charge in [0.15, 0.2) is 5.96 Å². The number of guanidine groups is 1. The van der Waals surface area contributed by atoms with Crippen LogP contribution >= 0.6 is 0 Å². The Hall–Kier alpha value is -1.26. The zero-order chi connectivity index (χ0) is 14.4. The van der Waals surface area contributed by atoms with Gasteiger partial charge < -0.3 is 15.8 Å². The van der Waals surface area contributed by atoms with Crippen LogP contribution in [0.3, 0.4) is 0 Å². The van der Waals surface area contributed by atoms with Gasteiger partial charge in [0.25, 0.3) is 0 Å². The van der Waals surface area contributed by atoms with E-state index >= 15 is 0 Å². The van der Waals surface area contributed by atoms with E-state index < -0.39 is 0 Å². The SMILES string of the molecule is N=C(N)NC[C@H]1CC[C@H](C(=O)OC2CCCCC2)CC1. The number of rotatable bonds is 4. The maximum absolute atomic E-state index is 12.1. The second-order valence-corrected chi connectivity index (χ2v) is 6.21. The molecule has 0 aliphatic heterocycles. The molecule has 0 heterocycles. The summed E-state index contributed by atoms with van der Waals surface area (Å²) in [4.78, 5) is 12.1. The van der Waals surface area contributed by atoms with Crippen molar-refractivity contribution in [1.82, 2.24) is 5.32 Å². The van der Waals surface area contributed by atoms with E-state index in [9.17, 15) is 4.79 Å². The summed E-state index contributed by atoms with van der Waals surface area (Å²) in [6.07, 6.45) is 9.80. The summed E-state index contributed by atoms with van der Waals surface area (Å²) in [7, 11) is 0. The molecular weight excluding hydrogens is 254 g/mol. The van der Waals surface area contributed by atoms with E-state index in [1.165, 1.54) is 19.3 Å². The van der Waals surface area contributed by atoms with E-state index in [4.69, 9.17) is 15.9 Å². The number of esters is 1. The molecule has 4 N–H and O–H groups in total. The number of hydrogen-bond donors (Lipinski definition) is 3. The molecule has 0 atom stereocenters. The van der Waals surface area contributed by atoms with Gasteiger partial charge in [-0.25, -0.2) is 0 Å². The highest BCUT2D eigenvalue weighted by atomic mass is 16.5. The summed E-state index contributed by atoms with van der Waals surface area (Å²) in [5.41, 5.74) is 5.29. The molecule has 0 radical (unpaired) electrons. The molecule has 0 aromatic rings. The highest BCUT2D eigenvalue weighted by molar-refractivity contribution is 5.74. The molecule has 2 saturated carbocycles. The minimum absolute atomic E-state index is 0.0230. The lowest BCUT2D eigenvalue weighted by atomic mass is 9.82. The first-order valence-corrected chi connectivity index (χ1v) is 7.93. The molecular formula is C15H27N3O2. The molecule has 0 saturated heterocycles. The fraction of sp³-hybridized carbons (Fsp3) is 0.867. The summed E-state index contributed by atoms with van der Waals surface area (Å²) in [5, 5.41) is 10.0. The van der Waals surface area contributed by atoms with Crippen LogP contribution in [0.2, 0.25) is 0 Å². The second-order valence-electron chi connectivity index (χ2n) is 6.21. The van der Waals surface area contributed by atoms with Crippen molar-refractivity contribution in [2.45, 2.75) is 63.9 Å². The Labute approximate surface area is 121 Å². The number of carbonyl (C=O) groups is 1. The van der Waals surface area contributed by atoms with E-state index in [-0.39, 0.29) is 24.0 Å². The van der Waals surface area contributed by atoms with Crippen LogP contribution in [-0.4, -0.2) is 24.6 Å². The molecule has 0 unspecified atom stereocenters. The fourth-order valence-corrected chi connectivity index (χ4v) is 3.30. The zero-order valence-electron chi connectivity index (χ0n) is 12.2. The Morgan fingerprint density at radius 2 is 1.75 bits per heavy atom. The van der Waals surface area contributed by atoms with Gasteiger partial charge in [-0.3, -0.25) is 10.2 Å². The molecule has 0 aromatic heterocycles. The zero-order valence-corrected chi connectivity index (χ0v) is 12.2. The third-order valence-corrected chi connectivity index (χ3v) is 4.60. The first-order chi connectivity index (χ1) is 9.65. The van der Waals surface area contributed by atoms with Crippen molar-refractivity contribution >= 4 is 11.9 Å². The summed E-state index contributed by atoms with van der Waals surface area (Å²) >= 11 is 0. The third-order valence-electron chi connectivity index (χ3n) is 4.60. The molecule has 20 heavy (non-hydrogen) atoms. The summed E-state index contributed by atoms with van der Waals surface area (Å²) < 4.78 is 5.66. The van der Waals surface area contributed by atoms with Crippen molar-refractivity contribution < 1.29 is 9.53 Å². The first-order valence-electron chi connectivity index (χ1n) is 7.93. The average Bonchev–Trinajstić information content (AvgIpc) is 2.46. The third kappa shape index (κ3) is 4.69. The molecule has 0 bridgehead atoms. The molecule has 5 nitrogen and oxygen atoms in total. The van der Waals surface area contributed by atoms with Crippen LogP contribution in [0.25, 0.3) is 0 Å². The maximum Gasteiger partial charge on any atom is 0.309 e. The predicted octanol–water partition coefficient (Wildman–Crippen LogP) is 2.15. The van der Waals surface area contributed by atoms with Crippen molar-refractivity contribution in [2.24, 2.45) is 17.6 Å². The van der Waals surface area contributed by atoms with Crippen molar-refractivity contribution in [2.75, 3.05) is 6.54 Å². The van der Waals surface area contributed by atoms with Gasteiger partial charge in [0.2, 0.25) is 0 Å². The van der Waals surface area contributed by atoms with Gasteiger partial charge in [-0.1, -0.05) is 6.42 Å². The van der Waals surface area contributed by atoms with Gasteiger partial charge in [-0.2, -0.15) is 0 Å². The monoisotopic (exact) mass is 281 g/mol. The van der Waals surface area contributed by atoms with Crippen LogP contribution in [0, 0.1) is 17.2 Å². The minimum atomic E-state index is 0.0230. The molecule has 114 valence electrons. The molecule has 0 amide bonds. The van der Waals surface area contributed by atoms with Gasteiger partial charge in [0.1, 0.15) is 6.10 Å². The van der Waals surface area contributed by atoms with E-state index in [0.717, 1.165) is 45.1 Å². The van der Waals surface area contributed by atoms with Crippen LogP contribution in [0.5, 0.6) is 0 Å². The average molecular weight is 281 g/mol. The number of hydrogen-bond acceptors (Lipinski definition) is 3. The van der Waals surface area contributed by atoms with E-state index in [0.29, 0.717) is 5.92 Å². The van der Waals surface area contributed by atoms with E-state index in [1.807, 2.05) is 0 Å². The number of ether oxygens (including phenoxy) is 1. The number of nitrogens with two attached hydrogens (primary N) is 1. The highest BCUT2D eigenvalue weighted by Crippen LogP contribution is 2.30. The van der Waals surface area contributed by atoms with Crippen molar-refractivity contribution in [3.63, 3.8) is 0 Å². The van der Waals surface area contributed by atoms with Gasteiger partial charge in [-0.15, -0.1) is 0 Å². The Kier molecular flexibility index (Phi) is 5.68. The largest absolute Gasteiger partial charge is 0.462 e. The van der Waals surface area contributed by atoms with Crippen LogP contribution in [0.15, 0.2) is 0 Å². The molecule has 2 aliphatic carbocycles. The quantitative estimate of drug-likeness (QED) is 0.418. The van der Waals surface area contributed by atoms with Crippen LogP contribution in [0.4, 0.5) is 0 Å². The van der Waals surface area contributed by atoms with Crippen LogP contribution in [-0.2, 0) is 9.53 Å². The van der Waals surface area contributed by atoms with Gasteiger partial charge in [0, 0.05) is 6.54 Å². The Morgan fingerprint density at radius 1 is 1.10 bits per heavy atom. The fourth-order valence-electron chi connectivity index (χ4n) is 3.30. The van der Waals surface area contributed by atoms with E-state index in [1.54, 1.807) is 0 Å². The Bertz CT molecular complexity index is 332. The molecule has 0 spiro atoms. The molecule has 2 aliphatic rings. The standard InChI is InChI=1S/C15H27N3O2/c16-15(17)18-10-11-6-8-12(9-7-11)14(19)20-13-4-2-1-3-5-13/h11-13H,1-10H2,(H4,16,17,18)/t11-,12-.